The molecule has 92 valence electrons. The molecule has 4 heteroatoms. The minimum absolute atomic E-state index is 0.114. The van der Waals surface area contributed by atoms with Crippen molar-refractivity contribution in [3.8, 4) is 0 Å². The van der Waals surface area contributed by atoms with Gasteiger partial charge < -0.3 is 5.32 Å². The zero-order valence-electron chi connectivity index (χ0n) is 9.89. The normalized spacial score (nSPS) is 11.4. The number of halogens is 2. The van der Waals surface area contributed by atoms with E-state index in [-0.39, 0.29) is 5.91 Å². The fourth-order valence-electron chi connectivity index (χ4n) is 1.26. The van der Waals surface area contributed by atoms with Crippen LogP contribution in [0.1, 0.15) is 26.7 Å². The van der Waals surface area contributed by atoms with Crippen molar-refractivity contribution in [1.29, 1.82) is 0 Å². The zero-order chi connectivity index (χ0) is 12.8. The van der Waals surface area contributed by atoms with Crippen LogP contribution in [0.3, 0.4) is 0 Å². The topological polar surface area (TPSA) is 29.1 Å². The average Bonchev–Trinajstić information content (AvgIpc) is 2.30. The fourth-order valence-corrected chi connectivity index (χ4v) is 1.56. The van der Waals surface area contributed by atoms with Crippen molar-refractivity contribution < 1.29 is 4.79 Å². The van der Waals surface area contributed by atoms with Gasteiger partial charge in [0.1, 0.15) is 0 Å². The van der Waals surface area contributed by atoms with Gasteiger partial charge in [0.05, 0.1) is 10.0 Å². The second kappa shape index (κ2) is 6.67. The third-order valence-corrected chi connectivity index (χ3v) is 3.01. The van der Waals surface area contributed by atoms with E-state index in [2.05, 4.69) is 12.2 Å². The first-order valence-electron chi connectivity index (χ1n) is 5.47. The third kappa shape index (κ3) is 4.41. The number of benzene rings is 1. The number of anilines is 1. The van der Waals surface area contributed by atoms with Crippen molar-refractivity contribution in [3.05, 3.63) is 39.9 Å². The average molecular weight is 272 g/mol. The Morgan fingerprint density at radius 3 is 2.65 bits per heavy atom. The molecule has 0 saturated carbocycles. The van der Waals surface area contributed by atoms with Crippen LogP contribution in [-0.2, 0) is 4.79 Å². The van der Waals surface area contributed by atoms with Crippen LogP contribution in [0.2, 0.25) is 10.0 Å². The Hall–Kier alpha value is -0.990. The lowest BCUT2D eigenvalue weighted by Gasteiger charge is -2.06. The molecule has 0 spiro atoms. The smallest absolute Gasteiger partial charge is 0.250 e. The van der Waals surface area contributed by atoms with Gasteiger partial charge in [-0.2, -0.15) is 0 Å². The first kappa shape index (κ1) is 14.1. The van der Waals surface area contributed by atoms with Gasteiger partial charge in [0, 0.05) is 11.3 Å². The number of allylic oxidation sites excluding steroid dienone is 1. The van der Waals surface area contributed by atoms with E-state index in [4.69, 9.17) is 23.2 Å². The van der Waals surface area contributed by atoms with Gasteiger partial charge in [-0.3, -0.25) is 4.79 Å². The number of carbonyl (C=O) groups is 1. The van der Waals surface area contributed by atoms with E-state index >= 15 is 0 Å². The maximum absolute atomic E-state index is 11.8. The van der Waals surface area contributed by atoms with E-state index in [1.54, 1.807) is 25.1 Å². The predicted octanol–water partition coefficient (Wildman–Crippen LogP) is 4.68. The van der Waals surface area contributed by atoms with E-state index in [0.717, 1.165) is 12.8 Å². The van der Waals surface area contributed by atoms with Gasteiger partial charge in [-0.15, -0.1) is 0 Å². The minimum Gasteiger partial charge on any atom is -0.322 e. The molecule has 0 saturated heterocycles. The fraction of sp³-hybridized carbons (Fsp3) is 0.308. The van der Waals surface area contributed by atoms with Gasteiger partial charge in [0.2, 0.25) is 0 Å². The maximum atomic E-state index is 11.8. The lowest BCUT2D eigenvalue weighted by atomic mass is 10.2. The van der Waals surface area contributed by atoms with Gasteiger partial charge in [0.15, 0.2) is 0 Å². The highest BCUT2D eigenvalue weighted by atomic mass is 35.5. The number of unbranched alkanes of at least 4 members (excludes halogenated alkanes) is 1. The number of hydrogen-bond donors (Lipinski definition) is 1. The lowest BCUT2D eigenvalue weighted by Crippen LogP contribution is -2.12. The van der Waals surface area contributed by atoms with Crippen LogP contribution in [-0.4, -0.2) is 5.91 Å². The van der Waals surface area contributed by atoms with Gasteiger partial charge in [0.25, 0.3) is 5.91 Å². The van der Waals surface area contributed by atoms with Crippen molar-refractivity contribution in [3.63, 3.8) is 0 Å². The Labute approximate surface area is 112 Å². The van der Waals surface area contributed by atoms with Crippen LogP contribution in [0.15, 0.2) is 29.8 Å². The minimum atomic E-state index is -0.114. The number of hydrogen-bond acceptors (Lipinski definition) is 1. The van der Waals surface area contributed by atoms with Crippen molar-refractivity contribution in [1.82, 2.24) is 0 Å². The molecule has 2 nitrogen and oxygen atoms in total. The summed E-state index contributed by atoms with van der Waals surface area (Å²) in [5.74, 6) is -0.114. The third-order valence-electron chi connectivity index (χ3n) is 2.27. The Kier molecular flexibility index (Phi) is 5.52. The SMILES string of the molecule is CCC/C=C(\C)C(=O)Nc1ccc(Cl)c(Cl)c1. The molecule has 1 aromatic rings. The van der Waals surface area contributed by atoms with Gasteiger partial charge in [-0.25, -0.2) is 0 Å². The highest BCUT2D eigenvalue weighted by molar-refractivity contribution is 6.42. The van der Waals surface area contributed by atoms with E-state index in [1.807, 2.05) is 6.08 Å². The van der Waals surface area contributed by atoms with Crippen LogP contribution < -0.4 is 5.32 Å². The zero-order valence-corrected chi connectivity index (χ0v) is 11.4. The Morgan fingerprint density at radius 2 is 2.06 bits per heavy atom. The summed E-state index contributed by atoms with van der Waals surface area (Å²) in [5, 5.41) is 3.67. The maximum Gasteiger partial charge on any atom is 0.250 e. The number of carbonyl (C=O) groups excluding carboxylic acids is 1. The lowest BCUT2D eigenvalue weighted by molar-refractivity contribution is -0.112. The summed E-state index contributed by atoms with van der Waals surface area (Å²) in [5.41, 5.74) is 1.35. The summed E-state index contributed by atoms with van der Waals surface area (Å²) in [6.07, 6.45) is 3.85. The van der Waals surface area contributed by atoms with Crippen molar-refractivity contribution in [2.75, 3.05) is 5.32 Å². The summed E-state index contributed by atoms with van der Waals surface area (Å²) < 4.78 is 0. The first-order chi connectivity index (χ1) is 8.04. The van der Waals surface area contributed by atoms with Gasteiger partial charge in [-0.1, -0.05) is 42.6 Å². The van der Waals surface area contributed by atoms with Crippen LogP contribution in [0, 0.1) is 0 Å². The van der Waals surface area contributed by atoms with E-state index in [0.29, 0.717) is 21.3 Å². The predicted molar refractivity (Wildman–Crippen MR) is 73.8 cm³/mol. The molecule has 1 rings (SSSR count). The van der Waals surface area contributed by atoms with E-state index in [9.17, 15) is 4.79 Å². The van der Waals surface area contributed by atoms with Gasteiger partial charge in [-0.05, 0) is 31.5 Å². The Balaban J connectivity index is 2.71. The summed E-state index contributed by atoms with van der Waals surface area (Å²) in [4.78, 5) is 11.8. The standard InChI is InChI=1S/C13H15Cl2NO/c1-3-4-5-9(2)13(17)16-10-6-7-11(14)12(15)8-10/h5-8H,3-4H2,1-2H3,(H,16,17)/b9-5+. The molecule has 0 radical (unpaired) electrons. The summed E-state index contributed by atoms with van der Waals surface area (Å²) >= 11 is 11.7. The summed E-state index contributed by atoms with van der Waals surface area (Å²) in [7, 11) is 0. The van der Waals surface area contributed by atoms with Gasteiger partial charge >= 0.3 is 0 Å². The van der Waals surface area contributed by atoms with Crippen LogP contribution >= 0.6 is 23.2 Å². The molecule has 0 bridgehead atoms. The van der Waals surface area contributed by atoms with Crippen molar-refractivity contribution in [2.24, 2.45) is 0 Å². The molecule has 0 aliphatic heterocycles. The van der Waals surface area contributed by atoms with Crippen LogP contribution in [0.5, 0.6) is 0 Å². The quantitative estimate of drug-likeness (QED) is 0.792. The molecule has 0 aliphatic rings. The molecule has 0 heterocycles. The second-order valence-corrected chi connectivity index (χ2v) is 4.57. The molecule has 1 amide bonds. The molecule has 17 heavy (non-hydrogen) atoms. The van der Waals surface area contributed by atoms with E-state index in [1.165, 1.54) is 0 Å². The number of amides is 1. The van der Waals surface area contributed by atoms with Crippen LogP contribution in [0.4, 0.5) is 5.69 Å². The van der Waals surface area contributed by atoms with E-state index < -0.39 is 0 Å². The Morgan fingerprint density at radius 1 is 1.35 bits per heavy atom. The highest BCUT2D eigenvalue weighted by Gasteiger charge is 2.05. The molecule has 0 aliphatic carbocycles. The second-order valence-electron chi connectivity index (χ2n) is 3.76. The molecule has 0 aromatic heterocycles. The van der Waals surface area contributed by atoms with Crippen molar-refractivity contribution in [2.45, 2.75) is 26.7 Å². The Bertz CT molecular complexity index is 441. The summed E-state index contributed by atoms with van der Waals surface area (Å²) in [6.45, 7) is 3.86. The molecule has 0 unspecified atom stereocenters. The highest BCUT2D eigenvalue weighted by Crippen LogP contribution is 2.25. The molecular weight excluding hydrogens is 257 g/mol. The number of rotatable bonds is 4. The molecule has 1 N–H and O–H groups in total. The monoisotopic (exact) mass is 271 g/mol. The first-order valence-corrected chi connectivity index (χ1v) is 6.23. The van der Waals surface area contributed by atoms with Crippen LogP contribution in [0.25, 0.3) is 0 Å². The molecule has 1 aromatic carbocycles. The van der Waals surface area contributed by atoms with Crippen molar-refractivity contribution >= 4 is 34.8 Å². The summed E-state index contributed by atoms with van der Waals surface area (Å²) in [6, 6.07) is 5.01. The molecular formula is C13H15Cl2NO. The number of nitrogens with one attached hydrogen (secondary N) is 1. The largest absolute Gasteiger partial charge is 0.322 e. The molecule has 0 fully saturated rings. The molecule has 0 atom stereocenters.